The Labute approximate surface area is 150 Å². The van der Waals surface area contributed by atoms with E-state index in [2.05, 4.69) is 20.4 Å². The summed E-state index contributed by atoms with van der Waals surface area (Å²) < 4.78 is 0. The van der Waals surface area contributed by atoms with Gasteiger partial charge in [0, 0.05) is 38.8 Å². The molecular formula is C19H32N4O2. The molecule has 0 bridgehead atoms. The Morgan fingerprint density at radius 2 is 1.88 bits per heavy atom. The lowest BCUT2D eigenvalue weighted by Gasteiger charge is -2.44. The molecule has 2 saturated heterocycles. The van der Waals surface area contributed by atoms with Gasteiger partial charge in [-0.2, -0.15) is 0 Å². The molecule has 0 aromatic heterocycles. The monoisotopic (exact) mass is 348 g/mol. The highest BCUT2D eigenvalue weighted by Crippen LogP contribution is 2.45. The van der Waals surface area contributed by atoms with Gasteiger partial charge in [-0.15, -0.1) is 0 Å². The molecule has 2 heterocycles. The van der Waals surface area contributed by atoms with Crippen LogP contribution < -0.4 is 10.6 Å². The van der Waals surface area contributed by atoms with E-state index in [1.165, 1.54) is 19.3 Å². The normalized spacial score (nSPS) is 34.4. The fourth-order valence-electron chi connectivity index (χ4n) is 5.01. The van der Waals surface area contributed by atoms with E-state index < -0.39 is 0 Å². The number of piperazine rings is 1. The average molecular weight is 348 g/mol. The Balaban J connectivity index is 1.33. The van der Waals surface area contributed by atoms with E-state index in [0.717, 1.165) is 58.5 Å². The zero-order valence-corrected chi connectivity index (χ0v) is 15.4. The number of hydrogen-bond donors (Lipinski definition) is 2. The van der Waals surface area contributed by atoms with Crippen LogP contribution in [0.15, 0.2) is 0 Å². The van der Waals surface area contributed by atoms with Crippen molar-refractivity contribution in [2.45, 2.75) is 57.5 Å². The van der Waals surface area contributed by atoms with Gasteiger partial charge in [-0.25, -0.2) is 0 Å². The Bertz CT molecular complexity index is 528. The van der Waals surface area contributed by atoms with E-state index in [4.69, 9.17) is 0 Å². The lowest BCUT2D eigenvalue weighted by molar-refractivity contribution is -0.147. The maximum atomic E-state index is 13.3. The summed E-state index contributed by atoms with van der Waals surface area (Å²) >= 11 is 0. The van der Waals surface area contributed by atoms with Crippen molar-refractivity contribution in [2.24, 2.45) is 11.3 Å². The highest BCUT2D eigenvalue weighted by Gasteiger charge is 2.51. The second kappa shape index (κ2) is 6.88. The predicted octanol–water partition coefficient (Wildman–Crippen LogP) is 0.578. The van der Waals surface area contributed by atoms with Crippen molar-refractivity contribution in [2.75, 3.05) is 39.3 Å². The summed E-state index contributed by atoms with van der Waals surface area (Å²) in [6, 6.07) is 0.321. The van der Waals surface area contributed by atoms with Gasteiger partial charge in [-0.05, 0) is 45.1 Å². The third-order valence-corrected chi connectivity index (χ3v) is 6.92. The summed E-state index contributed by atoms with van der Waals surface area (Å²) in [6.07, 6.45) is 6.93. The number of rotatable bonds is 4. The first kappa shape index (κ1) is 17.3. The number of fused-ring (bicyclic) bond motifs is 1. The molecule has 4 aliphatic rings. The zero-order chi connectivity index (χ0) is 17.4. The highest BCUT2D eigenvalue weighted by molar-refractivity contribution is 5.84. The highest BCUT2D eigenvalue weighted by atomic mass is 16.2. The summed E-state index contributed by atoms with van der Waals surface area (Å²) in [5.41, 5.74) is -0.143. The first-order chi connectivity index (χ1) is 12.1. The Hall–Kier alpha value is -1.14. The fourth-order valence-corrected chi connectivity index (χ4v) is 5.01. The van der Waals surface area contributed by atoms with Gasteiger partial charge in [0.15, 0.2) is 0 Å². The summed E-state index contributed by atoms with van der Waals surface area (Å²) in [5, 5.41) is 6.58. The molecule has 0 spiro atoms. The van der Waals surface area contributed by atoms with E-state index in [0.29, 0.717) is 17.9 Å². The lowest BCUT2D eigenvalue weighted by atomic mass is 9.67. The smallest absolute Gasteiger partial charge is 0.237 e. The van der Waals surface area contributed by atoms with Crippen LogP contribution in [0.4, 0.5) is 0 Å². The number of amides is 2. The first-order valence-electron chi connectivity index (χ1n) is 10.1. The van der Waals surface area contributed by atoms with Crippen molar-refractivity contribution in [3.05, 3.63) is 0 Å². The zero-order valence-electron chi connectivity index (χ0n) is 15.4. The van der Waals surface area contributed by atoms with E-state index >= 15 is 0 Å². The molecule has 6 nitrogen and oxygen atoms in total. The molecule has 25 heavy (non-hydrogen) atoms. The molecule has 0 aromatic rings. The summed E-state index contributed by atoms with van der Waals surface area (Å²) in [5.74, 6) is 1.04. The van der Waals surface area contributed by atoms with Crippen LogP contribution in [0.3, 0.4) is 0 Å². The minimum atomic E-state index is -0.143. The van der Waals surface area contributed by atoms with Gasteiger partial charge in [0.2, 0.25) is 11.8 Å². The lowest BCUT2D eigenvalue weighted by Crippen LogP contribution is -2.58. The molecular weight excluding hydrogens is 316 g/mol. The van der Waals surface area contributed by atoms with Crippen LogP contribution in [0.1, 0.15) is 45.4 Å². The van der Waals surface area contributed by atoms with Gasteiger partial charge < -0.3 is 15.5 Å². The number of carbonyl (C=O) groups is 2. The number of carbonyl (C=O) groups excluding carboxylic acids is 2. The molecule has 2 aliphatic heterocycles. The predicted molar refractivity (Wildman–Crippen MR) is 96.0 cm³/mol. The molecule has 2 aliphatic carbocycles. The average Bonchev–Trinajstić information content (AvgIpc) is 3.35. The maximum absolute atomic E-state index is 13.3. The Morgan fingerprint density at radius 1 is 1.12 bits per heavy atom. The number of nitrogens with one attached hydrogen (secondary N) is 2. The van der Waals surface area contributed by atoms with Gasteiger partial charge in [0.05, 0.1) is 11.5 Å². The molecule has 4 rings (SSSR count). The van der Waals surface area contributed by atoms with Crippen molar-refractivity contribution in [3.63, 3.8) is 0 Å². The van der Waals surface area contributed by atoms with Gasteiger partial charge in [-0.1, -0.05) is 12.8 Å². The Kier molecular flexibility index (Phi) is 4.75. The van der Waals surface area contributed by atoms with Crippen molar-refractivity contribution in [3.8, 4) is 0 Å². The Morgan fingerprint density at radius 3 is 2.60 bits per heavy atom. The maximum Gasteiger partial charge on any atom is 0.237 e. The number of nitrogens with zero attached hydrogens (tertiary/aromatic N) is 2. The van der Waals surface area contributed by atoms with Crippen molar-refractivity contribution in [1.82, 2.24) is 20.4 Å². The van der Waals surface area contributed by atoms with E-state index in [-0.39, 0.29) is 17.4 Å². The summed E-state index contributed by atoms with van der Waals surface area (Å²) in [6.45, 7) is 6.98. The second-order valence-electron chi connectivity index (χ2n) is 8.52. The van der Waals surface area contributed by atoms with Crippen molar-refractivity contribution < 1.29 is 9.59 Å². The molecule has 0 aromatic carbocycles. The van der Waals surface area contributed by atoms with Gasteiger partial charge in [0.1, 0.15) is 0 Å². The molecule has 3 atom stereocenters. The van der Waals surface area contributed by atoms with Crippen LogP contribution in [-0.2, 0) is 9.59 Å². The van der Waals surface area contributed by atoms with E-state index in [9.17, 15) is 9.59 Å². The molecule has 6 heteroatoms. The molecule has 2 amide bonds. The third-order valence-electron chi connectivity index (χ3n) is 6.92. The standard InChI is InChI=1S/C19H32N4O2/c1-14(17(24)21-16-5-6-16)22-8-10-23(11-9-22)18(25)19-7-3-2-4-15(19)12-20-13-19/h14-16,20H,2-13H2,1H3,(H,21,24)/t14?,15-,19+/m0/s1. The van der Waals surface area contributed by atoms with Crippen LogP contribution in [0.25, 0.3) is 0 Å². The minimum Gasteiger partial charge on any atom is -0.352 e. The topological polar surface area (TPSA) is 64.7 Å². The molecule has 1 unspecified atom stereocenters. The SMILES string of the molecule is CC(C(=O)NC1CC1)N1CCN(C(=O)[C@@]23CCCC[C@H]2CNC3)CC1. The molecule has 4 fully saturated rings. The minimum absolute atomic E-state index is 0.0911. The molecule has 140 valence electrons. The van der Waals surface area contributed by atoms with Crippen LogP contribution in [0.2, 0.25) is 0 Å². The van der Waals surface area contributed by atoms with Gasteiger partial charge in [0.25, 0.3) is 0 Å². The fraction of sp³-hybridized carbons (Fsp3) is 0.895. The summed E-state index contributed by atoms with van der Waals surface area (Å²) in [4.78, 5) is 29.9. The molecule has 0 radical (unpaired) electrons. The number of hydrogen-bond acceptors (Lipinski definition) is 4. The van der Waals surface area contributed by atoms with Crippen LogP contribution in [-0.4, -0.2) is 73.0 Å². The largest absolute Gasteiger partial charge is 0.352 e. The summed E-state index contributed by atoms with van der Waals surface area (Å²) in [7, 11) is 0. The van der Waals surface area contributed by atoms with Gasteiger partial charge in [-0.3, -0.25) is 14.5 Å². The van der Waals surface area contributed by atoms with Crippen LogP contribution in [0.5, 0.6) is 0 Å². The molecule has 2 saturated carbocycles. The van der Waals surface area contributed by atoms with E-state index in [1.807, 2.05) is 6.92 Å². The van der Waals surface area contributed by atoms with E-state index in [1.54, 1.807) is 0 Å². The first-order valence-corrected chi connectivity index (χ1v) is 10.1. The van der Waals surface area contributed by atoms with Crippen molar-refractivity contribution in [1.29, 1.82) is 0 Å². The van der Waals surface area contributed by atoms with Crippen LogP contribution >= 0.6 is 0 Å². The van der Waals surface area contributed by atoms with Gasteiger partial charge >= 0.3 is 0 Å². The quantitative estimate of drug-likeness (QED) is 0.780. The second-order valence-corrected chi connectivity index (χ2v) is 8.52. The van der Waals surface area contributed by atoms with Crippen LogP contribution in [0, 0.1) is 11.3 Å². The third kappa shape index (κ3) is 3.31. The molecule has 2 N–H and O–H groups in total. The van der Waals surface area contributed by atoms with Crippen molar-refractivity contribution >= 4 is 11.8 Å².